The van der Waals surface area contributed by atoms with E-state index < -0.39 is 0 Å². The van der Waals surface area contributed by atoms with Gasteiger partial charge in [0.15, 0.2) is 9.90 Å². The molecule has 0 atom stereocenters. The lowest BCUT2D eigenvalue weighted by molar-refractivity contribution is 0.102. The molecule has 4 aromatic rings. The number of aromatic nitrogens is 4. The van der Waals surface area contributed by atoms with Crippen molar-refractivity contribution in [3.63, 3.8) is 0 Å². The Morgan fingerprint density at radius 1 is 1.22 bits per heavy atom. The first kappa shape index (κ1) is 21.6. The van der Waals surface area contributed by atoms with E-state index in [4.69, 9.17) is 17.0 Å². The molecule has 1 amide bonds. The first-order chi connectivity index (χ1) is 15.5. The Labute approximate surface area is 192 Å². The Morgan fingerprint density at radius 3 is 2.59 bits per heavy atom. The quantitative estimate of drug-likeness (QED) is 0.269. The van der Waals surface area contributed by atoms with Gasteiger partial charge in [0.25, 0.3) is 5.91 Å². The second-order valence-electron chi connectivity index (χ2n) is 6.70. The first-order valence-corrected chi connectivity index (χ1v) is 10.8. The van der Waals surface area contributed by atoms with Crippen LogP contribution in [0.25, 0.3) is 0 Å². The summed E-state index contributed by atoms with van der Waals surface area (Å²) < 4.78 is 21.0. The highest BCUT2D eigenvalue weighted by molar-refractivity contribution is 7.71. The number of carbonyl (C=O) groups is 1. The fraction of sp³-hybridized carbons (Fsp3) is 0.0909. The zero-order valence-electron chi connectivity index (χ0n) is 16.7. The van der Waals surface area contributed by atoms with Crippen molar-refractivity contribution in [2.75, 3.05) is 5.32 Å². The SMILES string of the molecule is C=CCn1c(Cc2csc(NC(=O)c3ccc(Oc4ccc(F)cc4)cc3)n2)n[nH]c1=S. The minimum Gasteiger partial charge on any atom is -0.457 e. The van der Waals surface area contributed by atoms with Crippen molar-refractivity contribution in [2.24, 2.45) is 0 Å². The van der Waals surface area contributed by atoms with E-state index in [0.717, 1.165) is 11.5 Å². The molecule has 0 unspecified atom stereocenters. The summed E-state index contributed by atoms with van der Waals surface area (Å²) in [6.45, 7) is 4.28. The molecule has 0 fully saturated rings. The molecule has 0 aliphatic carbocycles. The largest absolute Gasteiger partial charge is 0.457 e. The van der Waals surface area contributed by atoms with Gasteiger partial charge in [-0.15, -0.1) is 17.9 Å². The topological polar surface area (TPSA) is 84.8 Å². The third-order valence-electron chi connectivity index (χ3n) is 4.43. The van der Waals surface area contributed by atoms with Crippen molar-refractivity contribution in [2.45, 2.75) is 13.0 Å². The van der Waals surface area contributed by atoms with E-state index in [1.54, 1.807) is 30.3 Å². The number of hydrogen-bond donors (Lipinski definition) is 2. The summed E-state index contributed by atoms with van der Waals surface area (Å²) in [5, 5.41) is 12.2. The molecule has 2 N–H and O–H groups in total. The second kappa shape index (κ2) is 9.67. The van der Waals surface area contributed by atoms with Crippen LogP contribution in [0.1, 0.15) is 21.9 Å². The van der Waals surface area contributed by atoms with Crippen LogP contribution in [0, 0.1) is 10.6 Å². The molecule has 0 bridgehead atoms. The number of nitrogens with zero attached hydrogens (tertiary/aromatic N) is 3. The molecule has 2 aromatic carbocycles. The summed E-state index contributed by atoms with van der Waals surface area (Å²) in [6, 6.07) is 12.4. The average Bonchev–Trinajstić information content (AvgIpc) is 3.37. The predicted octanol–water partition coefficient (Wildman–Crippen LogP) is 5.36. The van der Waals surface area contributed by atoms with Gasteiger partial charge in [-0.05, 0) is 60.7 Å². The predicted molar refractivity (Wildman–Crippen MR) is 123 cm³/mol. The second-order valence-corrected chi connectivity index (χ2v) is 7.94. The Hall–Kier alpha value is -3.63. The summed E-state index contributed by atoms with van der Waals surface area (Å²) in [5.74, 6) is 1.18. The summed E-state index contributed by atoms with van der Waals surface area (Å²) in [4.78, 5) is 17.0. The number of aromatic amines is 1. The van der Waals surface area contributed by atoms with Crippen LogP contribution in [0.4, 0.5) is 9.52 Å². The van der Waals surface area contributed by atoms with Crippen LogP contribution in [0.15, 0.2) is 66.6 Å². The van der Waals surface area contributed by atoms with Crippen LogP contribution in [-0.2, 0) is 13.0 Å². The molecule has 162 valence electrons. The van der Waals surface area contributed by atoms with Crippen molar-refractivity contribution in [3.8, 4) is 11.5 Å². The number of ether oxygens (including phenoxy) is 1. The van der Waals surface area contributed by atoms with Gasteiger partial charge in [0, 0.05) is 17.5 Å². The van der Waals surface area contributed by atoms with E-state index in [9.17, 15) is 9.18 Å². The van der Waals surface area contributed by atoms with Crippen LogP contribution in [0.2, 0.25) is 0 Å². The molecule has 0 saturated carbocycles. The van der Waals surface area contributed by atoms with Crippen molar-refractivity contribution in [1.82, 2.24) is 19.7 Å². The molecule has 32 heavy (non-hydrogen) atoms. The lowest BCUT2D eigenvalue weighted by atomic mass is 10.2. The van der Waals surface area contributed by atoms with Gasteiger partial charge >= 0.3 is 0 Å². The van der Waals surface area contributed by atoms with Crippen LogP contribution < -0.4 is 10.1 Å². The molecule has 0 spiro atoms. The smallest absolute Gasteiger partial charge is 0.257 e. The number of halogens is 1. The number of hydrogen-bond acceptors (Lipinski definition) is 6. The Morgan fingerprint density at radius 2 is 1.91 bits per heavy atom. The molecular weight excluding hydrogens is 449 g/mol. The molecule has 10 heteroatoms. The third-order valence-corrected chi connectivity index (χ3v) is 5.54. The van der Waals surface area contributed by atoms with Crippen LogP contribution in [0.5, 0.6) is 11.5 Å². The number of anilines is 1. The minimum absolute atomic E-state index is 0.284. The van der Waals surface area contributed by atoms with Crippen molar-refractivity contribution in [1.29, 1.82) is 0 Å². The number of thiazole rings is 1. The van der Waals surface area contributed by atoms with Gasteiger partial charge in [-0.3, -0.25) is 19.8 Å². The first-order valence-electron chi connectivity index (χ1n) is 9.56. The number of H-pyrrole nitrogens is 1. The molecule has 7 nitrogen and oxygen atoms in total. The Kier molecular flexibility index (Phi) is 6.52. The maximum Gasteiger partial charge on any atom is 0.257 e. The van der Waals surface area contributed by atoms with E-state index in [2.05, 4.69) is 27.1 Å². The fourth-order valence-electron chi connectivity index (χ4n) is 2.89. The molecule has 2 aromatic heterocycles. The van der Waals surface area contributed by atoms with E-state index in [1.807, 2.05) is 9.95 Å². The van der Waals surface area contributed by atoms with Crippen molar-refractivity contribution >= 4 is 34.6 Å². The zero-order chi connectivity index (χ0) is 22.5. The highest BCUT2D eigenvalue weighted by Gasteiger charge is 2.12. The van der Waals surface area contributed by atoms with Crippen molar-refractivity contribution < 1.29 is 13.9 Å². The van der Waals surface area contributed by atoms with Crippen LogP contribution >= 0.6 is 23.6 Å². The lowest BCUT2D eigenvalue weighted by Gasteiger charge is -2.07. The average molecular weight is 468 g/mol. The maximum atomic E-state index is 13.0. The fourth-order valence-corrected chi connectivity index (χ4v) is 3.82. The van der Waals surface area contributed by atoms with Crippen molar-refractivity contribution in [3.05, 3.63) is 94.2 Å². The third kappa shape index (κ3) is 5.16. The summed E-state index contributed by atoms with van der Waals surface area (Å²) in [7, 11) is 0. The summed E-state index contributed by atoms with van der Waals surface area (Å²) in [5.41, 5.74) is 1.23. The molecule has 2 heterocycles. The van der Waals surface area contributed by atoms with E-state index >= 15 is 0 Å². The van der Waals surface area contributed by atoms with Gasteiger partial charge in [0.1, 0.15) is 23.1 Å². The number of allylic oxidation sites excluding steroid dienone is 1. The number of carbonyl (C=O) groups excluding carboxylic acids is 1. The highest BCUT2D eigenvalue weighted by Crippen LogP contribution is 2.23. The Balaban J connectivity index is 1.38. The Bertz CT molecular complexity index is 1290. The van der Waals surface area contributed by atoms with Gasteiger partial charge in [-0.2, -0.15) is 5.10 Å². The number of rotatable bonds is 8. The molecule has 4 rings (SSSR count). The molecule has 0 aliphatic heterocycles. The van der Waals surface area contributed by atoms with Gasteiger partial charge in [0.05, 0.1) is 12.1 Å². The van der Waals surface area contributed by atoms with E-state index in [0.29, 0.717) is 39.9 Å². The number of amides is 1. The summed E-state index contributed by atoms with van der Waals surface area (Å²) in [6.07, 6.45) is 2.22. The van der Waals surface area contributed by atoms with Gasteiger partial charge in [-0.1, -0.05) is 6.08 Å². The zero-order valence-corrected chi connectivity index (χ0v) is 18.4. The van der Waals surface area contributed by atoms with Gasteiger partial charge in [-0.25, -0.2) is 9.37 Å². The highest BCUT2D eigenvalue weighted by atomic mass is 32.1. The molecule has 0 radical (unpaired) electrons. The normalized spacial score (nSPS) is 10.7. The van der Waals surface area contributed by atoms with Crippen LogP contribution in [0.3, 0.4) is 0 Å². The van der Waals surface area contributed by atoms with E-state index in [-0.39, 0.29) is 11.7 Å². The molecular formula is C22H18FN5O2S2. The molecule has 0 aliphatic rings. The minimum atomic E-state index is -0.333. The maximum absolute atomic E-state index is 13.0. The van der Waals surface area contributed by atoms with Gasteiger partial charge in [0.2, 0.25) is 0 Å². The number of nitrogens with one attached hydrogen (secondary N) is 2. The van der Waals surface area contributed by atoms with Gasteiger partial charge < -0.3 is 4.74 Å². The summed E-state index contributed by atoms with van der Waals surface area (Å²) >= 11 is 6.55. The lowest BCUT2D eigenvalue weighted by Crippen LogP contribution is -2.11. The monoisotopic (exact) mass is 467 g/mol. The standard InChI is InChI=1S/C22H18FN5O2S2/c1-2-11-28-19(26-27-22(28)31)12-16-13-32-21(24-16)25-20(29)14-3-7-17(8-4-14)30-18-9-5-15(23)6-10-18/h2-10,13H,1,11-12H2,(H,27,31)(H,24,25,29). The number of benzene rings is 2. The van der Waals surface area contributed by atoms with E-state index in [1.165, 1.54) is 35.6 Å². The van der Waals surface area contributed by atoms with Crippen LogP contribution in [-0.4, -0.2) is 25.7 Å². The molecule has 0 saturated heterocycles.